The van der Waals surface area contributed by atoms with E-state index in [0.717, 1.165) is 45.6 Å². The second-order valence-electron chi connectivity index (χ2n) is 8.38. The summed E-state index contributed by atoms with van der Waals surface area (Å²) < 4.78 is 5.18. The third-order valence-corrected chi connectivity index (χ3v) is 6.26. The van der Waals surface area contributed by atoms with Gasteiger partial charge in [0.15, 0.2) is 0 Å². The SMILES string of the molecule is COc1ccc(NC(=O)[C@]2(C)C[C@H]2c2ccc3c(/C=C/c4ccncc4)n[nH]c3c2)cc1. The molecular weight excluding hydrogens is 400 g/mol. The molecule has 0 saturated heterocycles. The molecule has 1 amide bonds. The van der Waals surface area contributed by atoms with Crippen molar-refractivity contribution in [2.75, 3.05) is 12.4 Å². The highest BCUT2D eigenvalue weighted by molar-refractivity contribution is 5.98. The summed E-state index contributed by atoms with van der Waals surface area (Å²) in [6.45, 7) is 2.02. The summed E-state index contributed by atoms with van der Waals surface area (Å²) in [6.07, 6.45) is 8.38. The van der Waals surface area contributed by atoms with Crippen molar-refractivity contribution in [1.29, 1.82) is 0 Å². The highest BCUT2D eigenvalue weighted by Crippen LogP contribution is 2.59. The van der Waals surface area contributed by atoms with Crippen LogP contribution in [0.15, 0.2) is 67.0 Å². The number of aromatic nitrogens is 3. The van der Waals surface area contributed by atoms with Crippen LogP contribution in [-0.2, 0) is 4.79 Å². The summed E-state index contributed by atoms with van der Waals surface area (Å²) in [5.41, 5.74) is 4.44. The van der Waals surface area contributed by atoms with Gasteiger partial charge in [-0.05, 0) is 72.0 Å². The molecule has 1 aliphatic carbocycles. The number of fused-ring (bicyclic) bond motifs is 1. The molecule has 32 heavy (non-hydrogen) atoms. The number of hydrogen-bond donors (Lipinski definition) is 2. The molecule has 2 aromatic heterocycles. The summed E-state index contributed by atoms with van der Waals surface area (Å²) in [5.74, 6) is 0.990. The average molecular weight is 425 g/mol. The van der Waals surface area contributed by atoms with E-state index in [1.807, 2.05) is 55.5 Å². The number of carbonyl (C=O) groups is 1. The smallest absolute Gasteiger partial charge is 0.230 e. The number of H-pyrrole nitrogens is 1. The number of anilines is 1. The normalized spacial score (nSPS) is 19.9. The first-order valence-corrected chi connectivity index (χ1v) is 10.6. The number of amides is 1. The number of nitrogens with one attached hydrogen (secondary N) is 2. The van der Waals surface area contributed by atoms with Crippen LogP contribution in [0.2, 0.25) is 0 Å². The Morgan fingerprint density at radius 1 is 1.12 bits per heavy atom. The molecule has 2 aromatic carbocycles. The van der Waals surface area contributed by atoms with E-state index < -0.39 is 5.41 Å². The standard InChI is InChI=1S/C26H24N4O2/c1-26(25(31)28-19-5-7-20(32-2)8-6-19)16-22(26)18-4-9-21-23(29-30-24(21)15-18)10-3-17-11-13-27-14-12-17/h3-15,22H,16H2,1-2H3,(H,28,31)(H,29,30)/b10-3+/t22-,26+/m0/s1. The first-order chi connectivity index (χ1) is 15.6. The predicted octanol–water partition coefficient (Wildman–Crippen LogP) is 5.27. The fraction of sp³-hybridized carbons (Fsp3) is 0.192. The van der Waals surface area contributed by atoms with Gasteiger partial charge in [0.05, 0.1) is 23.7 Å². The van der Waals surface area contributed by atoms with Crippen molar-refractivity contribution in [3.63, 3.8) is 0 Å². The Morgan fingerprint density at radius 2 is 1.91 bits per heavy atom. The molecule has 2 atom stereocenters. The number of hydrogen-bond acceptors (Lipinski definition) is 4. The van der Waals surface area contributed by atoms with Crippen LogP contribution in [0.1, 0.15) is 36.1 Å². The van der Waals surface area contributed by atoms with Crippen LogP contribution in [-0.4, -0.2) is 28.2 Å². The van der Waals surface area contributed by atoms with Gasteiger partial charge in [0.2, 0.25) is 5.91 Å². The predicted molar refractivity (Wildman–Crippen MR) is 126 cm³/mol. The zero-order chi connectivity index (χ0) is 22.1. The topological polar surface area (TPSA) is 79.9 Å². The van der Waals surface area contributed by atoms with Gasteiger partial charge in [-0.2, -0.15) is 5.10 Å². The first kappa shape index (κ1) is 20.0. The molecule has 5 rings (SSSR count). The van der Waals surface area contributed by atoms with E-state index in [2.05, 4.69) is 38.7 Å². The van der Waals surface area contributed by atoms with Gasteiger partial charge in [-0.15, -0.1) is 0 Å². The molecule has 2 N–H and O–H groups in total. The molecule has 1 aliphatic rings. The Hall–Kier alpha value is -3.93. The largest absolute Gasteiger partial charge is 0.497 e. The molecule has 0 radical (unpaired) electrons. The molecule has 0 spiro atoms. The maximum Gasteiger partial charge on any atom is 0.230 e. The van der Waals surface area contributed by atoms with E-state index in [9.17, 15) is 4.79 Å². The number of ether oxygens (including phenoxy) is 1. The molecule has 160 valence electrons. The van der Waals surface area contributed by atoms with Crippen LogP contribution in [0, 0.1) is 5.41 Å². The van der Waals surface area contributed by atoms with E-state index in [4.69, 9.17) is 4.74 Å². The Labute approximate surface area is 186 Å². The molecule has 0 unspecified atom stereocenters. The summed E-state index contributed by atoms with van der Waals surface area (Å²) >= 11 is 0. The zero-order valence-electron chi connectivity index (χ0n) is 18.0. The lowest BCUT2D eigenvalue weighted by molar-refractivity contribution is -0.120. The van der Waals surface area contributed by atoms with Gasteiger partial charge >= 0.3 is 0 Å². The molecule has 1 fully saturated rings. The van der Waals surface area contributed by atoms with Crippen molar-refractivity contribution < 1.29 is 9.53 Å². The van der Waals surface area contributed by atoms with E-state index in [1.165, 1.54) is 0 Å². The van der Waals surface area contributed by atoms with Crippen LogP contribution in [0.3, 0.4) is 0 Å². The highest BCUT2D eigenvalue weighted by atomic mass is 16.5. The summed E-state index contributed by atoms with van der Waals surface area (Å²) in [5, 5.41) is 11.7. The third kappa shape index (κ3) is 3.75. The Morgan fingerprint density at radius 3 is 2.66 bits per heavy atom. The van der Waals surface area contributed by atoms with Crippen LogP contribution in [0.5, 0.6) is 5.75 Å². The van der Waals surface area contributed by atoms with E-state index in [1.54, 1.807) is 19.5 Å². The summed E-state index contributed by atoms with van der Waals surface area (Å²) in [6, 6.07) is 17.6. The molecule has 0 aliphatic heterocycles. The van der Waals surface area contributed by atoms with Gasteiger partial charge in [-0.1, -0.05) is 25.1 Å². The van der Waals surface area contributed by atoms with Crippen LogP contribution < -0.4 is 10.1 Å². The number of benzene rings is 2. The fourth-order valence-corrected chi connectivity index (χ4v) is 4.10. The molecule has 4 aromatic rings. The van der Waals surface area contributed by atoms with Crippen molar-refractivity contribution in [3.05, 3.63) is 83.8 Å². The van der Waals surface area contributed by atoms with Crippen molar-refractivity contribution in [3.8, 4) is 5.75 Å². The minimum absolute atomic E-state index is 0.0401. The summed E-state index contributed by atoms with van der Waals surface area (Å²) in [4.78, 5) is 17.0. The quantitative estimate of drug-likeness (QED) is 0.442. The number of aromatic amines is 1. The minimum Gasteiger partial charge on any atom is -0.497 e. The van der Waals surface area contributed by atoms with Crippen molar-refractivity contribution >= 4 is 34.6 Å². The lowest BCUT2D eigenvalue weighted by atomic mass is 9.99. The van der Waals surface area contributed by atoms with E-state index in [-0.39, 0.29) is 11.8 Å². The third-order valence-electron chi connectivity index (χ3n) is 6.26. The van der Waals surface area contributed by atoms with Gasteiger partial charge in [0, 0.05) is 23.5 Å². The first-order valence-electron chi connectivity index (χ1n) is 10.6. The second-order valence-corrected chi connectivity index (χ2v) is 8.38. The molecule has 0 bridgehead atoms. The van der Waals surface area contributed by atoms with Gasteiger partial charge in [0.25, 0.3) is 0 Å². The Kier molecular flexibility index (Phi) is 4.98. The molecular formula is C26H24N4O2. The molecule has 6 heteroatoms. The number of rotatable bonds is 6. The van der Waals surface area contributed by atoms with Crippen molar-refractivity contribution in [1.82, 2.24) is 15.2 Å². The van der Waals surface area contributed by atoms with Gasteiger partial charge in [-0.25, -0.2) is 0 Å². The number of pyridine rings is 1. The number of methoxy groups -OCH3 is 1. The average Bonchev–Trinajstić information content (AvgIpc) is 3.37. The lowest BCUT2D eigenvalue weighted by Gasteiger charge is -2.13. The lowest BCUT2D eigenvalue weighted by Crippen LogP contribution is -2.23. The Balaban J connectivity index is 1.31. The number of carbonyl (C=O) groups excluding carboxylic acids is 1. The second kappa shape index (κ2) is 7.96. The zero-order valence-corrected chi connectivity index (χ0v) is 18.0. The highest BCUT2D eigenvalue weighted by Gasteiger charge is 2.56. The molecule has 1 saturated carbocycles. The molecule has 2 heterocycles. The van der Waals surface area contributed by atoms with Crippen molar-refractivity contribution in [2.45, 2.75) is 19.3 Å². The van der Waals surface area contributed by atoms with Gasteiger partial charge in [-0.3, -0.25) is 14.9 Å². The fourth-order valence-electron chi connectivity index (χ4n) is 4.10. The Bertz CT molecular complexity index is 1290. The maximum absolute atomic E-state index is 12.9. The maximum atomic E-state index is 12.9. The van der Waals surface area contributed by atoms with Gasteiger partial charge < -0.3 is 10.1 Å². The van der Waals surface area contributed by atoms with E-state index >= 15 is 0 Å². The van der Waals surface area contributed by atoms with Crippen molar-refractivity contribution in [2.24, 2.45) is 5.41 Å². The summed E-state index contributed by atoms with van der Waals surface area (Å²) in [7, 11) is 1.63. The number of nitrogens with zero attached hydrogens (tertiary/aromatic N) is 2. The van der Waals surface area contributed by atoms with Crippen LogP contribution in [0.4, 0.5) is 5.69 Å². The van der Waals surface area contributed by atoms with E-state index in [0.29, 0.717) is 0 Å². The molecule has 6 nitrogen and oxygen atoms in total. The van der Waals surface area contributed by atoms with Crippen LogP contribution >= 0.6 is 0 Å². The van der Waals surface area contributed by atoms with Gasteiger partial charge in [0.1, 0.15) is 5.75 Å². The monoisotopic (exact) mass is 424 g/mol. The minimum atomic E-state index is -0.419. The van der Waals surface area contributed by atoms with Crippen LogP contribution in [0.25, 0.3) is 23.1 Å².